The van der Waals surface area contributed by atoms with Crippen molar-refractivity contribution < 1.29 is 23.5 Å². The molecule has 1 amide bonds. The van der Waals surface area contributed by atoms with Crippen molar-refractivity contribution in [3.63, 3.8) is 0 Å². The average Bonchev–Trinajstić information content (AvgIpc) is 2.69. The highest BCUT2D eigenvalue weighted by Crippen LogP contribution is 2.42. The summed E-state index contributed by atoms with van der Waals surface area (Å²) in [5.74, 6) is -0.930. The molecule has 190 valence electrons. The third-order valence-electron chi connectivity index (χ3n) is 6.29. The zero-order valence-electron chi connectivity index (χ0n) is 20.5. The molecule has 12 heteroatoms. The van der Waals surface area contributed by atoms with E-state index in [1.54, 1.807) is 20.8 Å². The second-order valence-electron chi connectivity index (χ2n) is 10.2. The number of likely N-dealkylation sites (N-methyl/N-ethyl adjacent to an activating group) is 1. The molecule has 0 unspecified atom stereocenters. The standard InChI is InChI=1S/C23H28BrClFN5O4/c1-22(2,3)35-21(33)31-10-23(11-31,19(32)34-6)18-13-7-14(25)15(24)16(26)17(13)27-20(28-18)30-8-12(9-30)29(4)5/h7,12H,8-11H2,1-6H3. The van der Waals surface area contributed by atoms with Gasteiger partial charge in [-0.05, 0) is 56.9 Å². The van der Waals surface area contributed by atoms with Gasteiger partial charge < -0.3 is 24.2 Å². The molecule has 2 aliphatic rings. The fourth-order valence-corrected chi connectivity index (χ4v) is 4.74. The molecule has 2 aromatic rings. The largest absolute Gasteiger partial charge is 0.468 e. The van der Waals surface area contributed by atoms with E-state index in [9.17, 15) is 9.59 Å². The van der Waals surface area contributed by atoms with Crippen LogP contribution in [0.4, 0.5) is 15.1 Å². The van der Waals surface area contributed by atoms with E-state index in [4.69, 9.17) is 26.1 Å². The van der Waals surface area contributed by atoms with Crippen LogP contribution < -0.4 is 4.90 Å². The molecule has 1 aromatic heterocycles. The summed E-state index contributed by atoms with van der Waals surface area (Å²) in [6.45, 7) is 6.54. The molecule has 0 bridgehead atoms. The lowest BCUT2D eigenvalue weighted by molar-refractivity contribution is -0.154. The number of amides is 1. The summed E-state index contributed by atoms with van der Waals surface area (Å²) in [7, 11) is 5.24. The molecule has 2 fully saturated rings. The van der Waals surface area contributed by atoms with E-state index in [1.807, 2.05) is 19.0 Å². The summed E-state index contributed by atoms with van der Waals surface area (Å²) in [5.41, 5.74) is -1.71. The van der Waals surface area contributed by atoms with E-state index in [1.165, 1.54) is 18.1 Å². The summed E-state index contributed by atoms with van der Waals surface area (Å²) in [5, 5.41) is 0.408. The first-order chi connectivity index (χ1) is 16.3. The number of methoxy groups -OCH3 is 1. The number of rotatable bonds is 4. The van der Waals surface area contributed by atoms with Crippen LogP contribution in [-0.2, 0) is 19.7 Å². The number of benzene rings is 1. The summed E-state index contributed by atoms with van der Waals surface area (Å²) >= 11 is 9.46. The van der Waals surface area contributed by atoms with Gasteiger partial charge >= 0.3 is 12.1 Å². The van der Waals surface area contributed by atoms with Gasteiger partial charge in [0.15, 0.2) is 5.82 Å². The van der Waals surface area contributed by atoms with E-state index in [2.05, 4.69) is 25.8 Å². The first-order valence-electron chi connectivity index (χ1n) is 11.1. The molecule has 0 radical (unpaired) electrons. The smallest absolute Gasteiger partial charge is 0.410 e. The maximum atomic E-state index is 15.3. The van der Waals surface area contributed by atoms with Crippen molar-refractivity contribution in [2.75, 3.05) is 52.3 Å². The molecular weight excluding hydrogens is 545 g/mol. The number of fused-ring (bicyclic) bond motifs is 1. The van der Waals surface area contributed by atoms with E-state index < -0.39 is 28.9 Å². The van der Waals surface area contributed by atoms with Crippen LogP contribution in [0.5, 0.6) is 0 Å². The van der Waals surface area contributed by atoms with Gasteiger partial charge in [0.05, 0.1) is 22.3 Å². The highest BCUT2D eigenvalue weighted by atomic mass is 79.9. The van der Waals surface area contributed by atoms with Gasteiger partial charge in [-0.3, -0.25) is 4.79 Å². The lowest BCUT2D eigenvalue weighted by atomic mass is 9.75. The predicted octanol–water partition coefficient (Wildman–Crippen LogP) is 3.60. The molecule has 9 nitrogen and oxygen atoms in total. The normalized spacial score (nSPS) is 17.9. The number of esters is 1. The van der Waals surface area contributed by atoms with Crippen LogP contribution in [0.1, 0.15) is 26.5 Å². The number of aromatic nitrogens is 2. The van der Waals surface area contributed by atoms with Crippen molar-refractivity contribution in [3.8, 4) is 0 Å². The van der Waals surface area contributed by atoms with Crippen molar-refractivity contribution in [2.24, 2.45) is 0 Å². The first kappa shape index (κ1) is 25.8. The molecule has 2 aliphatic heterocycles. The Hall–Kier alpha value is -2.24. The van der Waals surface area contributed by atoms with Crippen molar-refractivity contribution in [3.05, 3.63) is 27.1 Å². The van der Waals surface area contributed by atoms with E-state index in [-0.39, 0.29) is 33.8 Å². The minimum atomic E-state index is -1.32. The highest BCUT2D eigenvalue weighted by Gasteiger charge is 2.56. The predicted molar refractivity (Wildman–Crippen MR) is 133 cm³/mol. The molecule has 3 heterocycles. The van der Waals surface area contributed by atoms with E-state index >= 15 is 4.39 Å². The summed E-state index contributed by atoms with van der Waals surface area (Å²) in [6.07, 6.45) is -0.556. The van der Waals surface area contributed by atoms with Gasteiger partial charge in [-0.2, -0.15) is 0 Å². The third-order valence-corrected chi connectivity index (χ3v) is 7.59. The van der Waals surface area contributed by atoms with Gasteiger partial charge in [0, 0.05) is 37.6 Å². The first-order valence-corrected chi connectivity index (χ1v) is 12.3. The number of anilines is 1. The number of nitrogens with zero attached hydrogens (tertiary/aromatic N) is 5. The molecule has 0 aliphatic carbocycles. The Morgan fingerprint density at radius 2 is 1.89 bits per heavy atom. The Labute approximate surface area is 216 Å². The SMILES string of the molecule is COC(=O)C1(c2nc(N3CC(N(C)C)C3)nc3c(F)c(Br)c(Cl)cc23)CN(C(=O)OC(C)(C)C)C1. The minimum absolute atomic E-state index is 0.0320. The minimum Gasteiger partial charge on any atom is -0.468 e. The van der Waals surface area contributed by atoms with Gasteiger partial charge in [-0.1, -0.05) is 11.6 Å². The Kier molecular flexibility index (Phi) is 6.65. The Morgan fingerprint density at radius 1 is 1.26 bits per heavy atom. The van der Waals surface area contributed by atoms with Crippen LogP contribution in [0.2, 0.25) is 5.02 Å². The van der Waals surface area contributed by atoms with Crippen LogP contribution in [0.25, 0.3) is 10.9 Å². The second-order valence-corrected chi connectivity index (χ2v) is 11.4. The Morgan fingerprint density at radius 3 is 2.43 bits per heavy atom. The molecule has 35 heavy (non-hydrogen) atoms. The van der Waals surface area contributed by atoms with Crippen molar-refractivity contribution in [1.29, 1.82) is 0 Å². The molecule has 0 spiro atoms. The van der Waals surface area contributed by atoms with Crippen LogP contribution in [0, 0.1) is 5.82 Å². The Bertz CT molecular complexity index is 1190. The number of carbonyl (C=O) groups excluding carboxylic acids is 2. The second kappa shape index (κ2) is 9.01. The monoisotopic (exact) mass is 571 g/mol. The van der Waals surface area contributed by atoms with Crippen LogP contribution >= 0.6 is 27.5 Å². The summed E-state index contributed by atoms with van der Waals surface area (Å²) < 4.78 is 26.0. The van der Waals surface area contributed by atoms with Crippen LogP contribution in [-0.4, -0.2) is 90.9 Å². The van der Waals surface area contributed by atoms with Gasteiger partial charge in [0.2, 0.25) is 5.95 Å². The third kappa shape index (κ3) is 4.53. The van der Waals surface area contributed by atoms with Crippen molar-refractivity contribution >= 4 is 56.4 Å². The summed E-state index contributed by atoms with van der Waals surface area (Å²) in [4.78, 5) is 40.4. The topological polar surface area (TPSA) is 88.1 Å². The maximum absolute atomic E-state index is 15.3. The van der Waals surface area contributed by atoms with Crippen LogP contribution in [0.3, 0.4) is 0 Å². The van der Waals surface area contributed by atoms with Crippen molar-refractivity contribution in [2.45, 2.75) is 37.8 Å². The zero-order chi connectivity index (χ0) is 25.9. The van der Waals surface area contributed by atoms with E-state index in [0.717, 1.165) is 0 Å². The molecule has 0 atom stereocenters. The van der Waals surface area contributed by atoms with Gasteiger partial charge in [-0.25, -0.2) is 19.2 Å². The maximum Gasteiger partial charge on any atom is 0.410 e. The fourth-order valence-electron chi connectivity index (χ4n) is 4.24. The summed E-state index contributed by atoms with van der Waals surface area (Å²) in [6, 6.07) is 1.84. The number of halogens is 3. The van der Waals surface area contributed by atoms with E-state index in [0.29, 0.717) is 30.5 Å². The lowest BCUT2D eigenvalue weighted by Crippen LogP contribution is -2.66. The quantitative estimate of drug-likeness (QED) is 0.406. The van der Waals surface area contributed by atoms with Gasteiger partial charge in [0.25, 0.3) is 0 Å². The molecule has 0 saturated carbocycles. The molecular formula is C23H28BrClFN5O4. The lowest BCUT2D eigenvalue weighted by Gasteiger charge is -2.48. The number of likely N-dealkylation sites (tertiary alicyclic amines) is 1. The van der Waals surface area contributed by atoms with Gasteiger partial charge in [-0.15, -0.1) is 0 Å². The van der Waals surface area contributed by atoms with Crippen LogP contribution in [0.15, 0.2) is 10.5 Å². The average molecular weight is 573 g/mol. The molecule has 1 aromatic carbocycles. The van der Waals surface area contributed by atoms with Crippen molar-refractivity contribution in [1.82, 2.24) is 19.8 Å². The molecule has 0 N–H and O–H groups in total. The van der Waals surface area contributed by atoms with Gasteiger partial charge in [0.1, 0.15) is 16.5 Å². The number of hydrogen-bond donors (Lipinski definition) is 0. The number of hydrogen-bond acceptors (Lipinski definition) is 8. The Balaban J connectivity index is 1.82. The fraction of sp³-hybridized carbons (Fsp3) is 0.565. The zero-order valence-corrected chi connectivity index (χ0v) is 22.8. The number of ether oxygens (including phenoxy) is 2. The molecule has 2 saturated heterocycles. The highest BCUT2D eigenvalue weighted by molar-refractivity contribution is 9.10. The molecule has 4 rings (SSSR count). The number of carbonyl (C=O) groups is 2.